The standard InChI is InChI=1S/C17H13NO3/c1-2-18-14-6-4-3-5-12(14)13-9-11(7-8-15(13)18)16-10-20-17(19)21-16/h3-10H,2H2,1H3. The largest absolute Gasteiger partial charge is 0.519 e. The number of rotatable bonds is 2. The van der Waals surface area contributed by atoms with Crippen LogP contribution in [0.2, 0.25) is 0 Å². The van der Waals surface area contributed by atoms with Gasteiger partial charge in [-0.15, -0.1) is 0 Å². The van der Waals surface area contributed by atoms with E-state index in [-0.39, 0.29) is 0 Å². The molecule has 0 bridgehead atoms. The summed E-state index contributed by atoms with van der Waals surface area (Å²) in [6.45, 7) is 3.04. The summed E-state index contributed by atoms with van der Waals surface area (Å²) < 4.78 is 12.0. The first kappa shape index (κ1) is 12.0. The normalized spacial score (nSPS) is 11.5. The number of para-hydroxylation sites is 1. The average molecular weight is 279 g/mol. The maximum atomic E-state index is 11.1. The van der Waals surface area contributed by atoms with Gasteiger partial charge in [-0.1, -0.05) is 18.2 Å². The number of hydrogen-bond acceptors (Lipinski definition) is 3. The summed E-state index contributed by atoms with van der Waals surface area (Å²) in [6.07, 6.45) is 1.35. The Morgan fingerprint density at radius 2 is 1.86 bits per heavy atom. The molecular weight excluding hydrogens is 266 g/mol. The lowest BCUT2D eigenvalue weighted by atomic mass is 10.1. The van der Waals surface area contributed by atoms with Crippen LogP contribution in [0.15, 0.2) is 62.4 Å². The molecule has 2 heterocycles. The number of benzene rings is 2. The molecule has 4 aromatic rings. The highest BCUT2D eigenvalue weighted by Gasteiger charge is 2.12. The first-order chi connectivity index (χ1) is 10.3. The molecule has 4 heteroatoms. The van der Waals surface area contributed by atoms with Crippen molar-refractivity contribution in [2.24, 2.45) is 0 Å². The van der Waals surface area contributed by atoms with Gasteiger partial charge in [-0.05, 0) is 31.2 Å². The quantitative estimate of drug-likeness (QED) is 0.556. The summed E-state index contributed by atoms with van der Waals surface area (Å²) in [6, 6.07) is 14.4. The molecule has 0 unspecified atom stereocenters. The zero-order valence-electron chi connectivity index (χ0n) is 11.5. The Balaban J connectivity index is 2.07. The Hall–Kier alpha value is -2.75. The van der Waals surface area contributed by atoms with E-state index in [9.17, 15) is 4.79 Å². The van der Waals surface area contributed by atoms with Gasteiger partial charge in [0.15, 0.2) is 5.76 Å². The van der Waals surface area contributed by atoms with E-state index in [0.717, 1.165) is 17.5 Å². The van der Waals surface area contributed by atoms with Gasteiger partial charge in [-0.2, -0.15) is 0 Å². The topological polar surface area (TPSA) is 48.3 Å². The minimum absolute atomic E-state index is 0.454. The molecule has 0 aliphatic rings. The van der Waals surface area contributed by atoms with E-state index < -0.39 is 5.82 Å². The Kier molecular flexibility index (Phi) is 2.51. The van der Waals surface area contributed by atoms with E-state index in [0.29, 0.717) is 5.76 Å². The van der Waals surface area contributed by atoms with Crippen LogP contribution in [0.5, 0.6) is 0 Å². The van der Waals surface area contributed by atoms with Gasteiger partial charge in [0, 0.05) is 33.9 Å². The monoisotopic (exact) mass is 279 g/mol. The zero-order chi connectivity index (χ0) is 14.4. The second-order valence-corrected chi connectivity index (χ2v) is 4.95. The summed E-state index contributed by atoms with van der Waals surface area (Å²) in [7, 11) is 0. The molecule has 4 nitrogen and oxygen atoms in total. The summed E-state index contributed by atoms with van der Waals surface area (Å²) in [5, 5.41) is 2.34. The van der Waals surface area contributed by atoms with E-state index in [1.807, 2.05) is 24.3 Å². The van der Waals surface area contributed by atoms with Crippen molar-refractivity contribution in [3.63, 3.8) is 0 Å². The van der Waals surface area contributed by atoms with E-state index in [2.05, 4.69) is 29.7 Å². The third kappa shape index (κ3) is 1.72. The molecule has 0 saturated heterocycles. The van der Waals surface area contributed by atoms with Crippen molar-refractivity contribution in [1.82, 2.24) is 4.57 Å². The number of aromatic nitrogens is 1. The highest BCUT2D eigenvalue weighted by Crippen LogP contribution is 2.32. The average Bonchev–Trinajstić information content (AvgIpc) is 3.08. The predicted octanol–water partition coefficient (Wildman–Crippen LogP) is 4.03. The molecule has 2 aromatic carbocycles. The maximum Gasteiger partial charge on any atom is 0.519 e. The summed E-state index contributed by atoms with van der Waals surface area (Å²) >= 11 is 0. The summed E-state index contributed by atoms with van der Waals surface area (Å²) in [5.41, 5.74) is 3.22. The first-order valence-corrected chi connectivity index (χ1v) is 6.88. The SMILES string of the molecule is CCn1c2ccccc2c2cc(-c3coc(=O)o3)ccc21. The molecular formula is C17H13NO3. The van der Waals surface area contributed by atoms with Crippen molar-refractivity contribution in [3.8, 4) is 11.3 Å². The van der Waals surface area contributed by atoms with Crippen LogP contribution in [0, 0.1) is 0 Å². The minimum Gasteiger partial charge on any atom is -0.399 e. The van der Waals surface area contributed by atoms with Crippen molar-refractivity contribution in [3.05, 3.63) is 59.3 Å². The third-order valence-corrected chi connectivity index (χ3v) is 3.83. The molecule has 0 N–H and O–H groups in total. The Labute approximate surface area is 120 Å². The number of fused-ring (bicyclic) bond motifs is 3. The molecule has 0 amide bonds. The maximum absolute atomic E-state index is 11.1. The molecule has 0 spiro atoms. The van der Waals surface area contributed by atoms with Crippen molar-refractivity contribution in [1.29, 1.82) is 0 Å². The molecule has 0 radical (unpaired) electrons. The zero-order valence-corrected chi connectivity index (χ0v) is 11.5. The van der Waals surface area contributed by atoms with Crippen LogP contribution in [-0.4, -0.2) is 4.57 Å². The fourth-order valence-electron chi connectivity index (χ4n) is 2.91. The van der Waals surface area contributed by atoms with Gasteiger partial charge in [0.1, 0.15) is 6.26 Å². The molecule has 104 valence electrons. The van der Waals surface area contributed by atoms with Crippen LogP contribution in [0.3, 0.4) is 0 Å². The van der Waals surface area contributed by atoms with E-state index in [1.165, 1.54) is 22.7 Å². The van der Waals surface area contributed by atoms with Crippen LogP contribution in [0.1, 0.15) is 6.92 Å². The molecule has 0 aliphatic carbocycles. The Bertz CT molecular complexity index is 1000. The van der Waals surface area contributed by atoms with Crippen LogP contribution in [0.25, 0.3) is 33.1 Å². The third-order valence-electron chi connectivity index (χ3n) is 3.83. The van der Waals surface area contributed by atoms with Crippen LogP contribution in [-0.2, 0) is 6.54 Å². The van der Waals surface area contributed by atoms with Crippen LogP contribution in [0.4, 0.5) is 0 Å². The molecule has 0 atom stereocenters. The Morgan fingerprint density at radius 1 is 1.05 bits per heavy atom. The molecule has 21 heavy (non-hydrogen) atoms. The smallest absolute Gasteiger partial charge is 0.399 e. The molecule has 4 rings (SSSR count). The number of aryl methyl sites for hydroxylation is 1. The van der Waals surface area contributed by atoms with E-state index in [4.69, 9.17) is 8.83 Å². The van der Waals surface area contributed by atoms with Crippen molar-refractivity contribution >= 4 is 21.8 Å². The second kappa shape index (κ2) is 4.38. The van der Waals surface area contributed by atoms with Gasteiger partial charge in [0.2, 0.25) is 0 Å². The molecule has 2 aromatic heterocycles. The molecule has 0 saturated carbocycles. The van der Waals surface area contributed by atoms with Crippen molar-refractivity contribution < 1.29 is 8.83 Å². The summed E-state index contributed by atoms with van der Waals surface area (Å²) in [5.74, 6) is -0.226. The summed E-state index contributed by atoms with van der Waals surface area (Å²) in [4.78, 5) is 11.1. The van der Waals surface area contributed by atoms with Gasteiger partial charge in [-0.3, -0.25) is 0 Å². The van der Waals surface area contributed by atoms with E-state index in [1.54, 1.807) is 0 Å². The number of hydrogen-bond donors (Lipinski definition) is 0. The fraction of sp³-hybridized carbons (Fsp3) is 0.118. The lowest BCUT2D eigenvalue weighted by Crippen LogP contribution is -1.92. The van der Waals surface area contributed by atoms with Gasteiger partial charge >= 0.3 is 5.82 Å². The molecule has 0 fully saturated rings. The molecule has 0 aliphatic heterocycles. The van der Waals surface area contributed by atoms with Gasteiger partial charge in [0.05, 0.1) is 0 Å². The Morgan fingerprint density at radius 3 is 2.62 bits per heavy atom. The lowest BCUT2D eigenvalue weighted by molar-refractivity contribution is 0.389. The predicted molar refractivity (Wildman–Crippen MR) is 81.4 cm³/mol. The van der Waals surface area contributed by atoms with Crippen LogP contribution < -0.4 is 5.82 Å². The van der Waals surface area contributed by atoms with Gasteiger partial charge in [0.25, 0.3) is 0 Å². The van der Waals surface area contributed by atoms with Crippen molar-refractivity contribution in [2.75, 3.05) is 0 Å². The highest BCUT2D eigenvalue weighted by atomic mass is 16.6. The van der Waals surface area contributed by atoms with Crippen LogP contribution >= 0.6 is 0 Å². The lowest BCUT2D eigenvalue weighted by Gasteiger charge is -2.02. The van der Waals surface area contributed by atoms with Crippen molar-refractivity contribution in [2.45, 2.75) is 13.5 Å². The number of nitrogens with zero attached hydrogens (tertiary/aromatic N) is 1. The second-order valence-electron chi connectivity index (χ2n) is 4.95. The van der Waals surface area contributed by atoms with Gasteiger partial charge in [-0.25, -0.2) is 4.79 Å². The minimum atomic E-state index is -0.680. The fourth-order valence-corrected chi connectivity index (χ4v) is 2.91. The highest BCUT2D eigenvalue weighted by molar-refractivity contribution is 6.09. The van der Waals surface area contributed by atoms with E-state index >= 15 is 0 Å². The first-order valence-electron chi connectivity index (χ1n) is 6.88. The van der Waals surface area contributed by atoms with Gasteiger partial charge < -0.3 is 13.4 Å².